The molecule has 3 aromatic heterocycles. The second kappa shape index (κ2) is 6.49. The lowest BCUT2D eigenvalue weighted by atomic mass is 10.2. The maximum Gasteiger partial charge on any atom is 0.332 e. The van der Waals surface area contributed by atoms with Gasteiger partial charge in [-0.15, -0.1) is 0 Å². The minimum Gasteiger partial charge on any atom is -0.282 e. The van der Waals surface area contributed by atoms with Crippen LogP contribution in [-0.2, 0) is 13.6 Å². The van der Waals surface area contributed by atoms with Crippen LogP contribution >= 0.6 is 11.6 Å². The average Bonchev–Trinajstić information content (AvgIpc) is 3.15. The molecule has 8 heteroatoms. The van der Waals surface area contributed by atoms with Crippen LogP contribution in [0.25, 0.3) is 22.6 Å². The van der Waals surface area contributed by atoms with Crippen molar-refractivity contribution >= 4 is 28.5 Å². The van der Waals surface area contributed by atoms with Gasteiger partial charge in [0.05, 0.1) is 12.2 Å². The van der Waals surface area contributed by atoms with Crippen LogP contribution < -0.4 is 11.2 Å². The highest BCUT2D eigenvalue weighted by Crippen LogP contribution is 2.28. The minimum absolute atomic E-state index is 0.167. The number of nitrogens with zero attached hydrogens (tertiary/aromatic N) is 5. The molecule has 0 amide bonds. The molecular weight excluding hydrogens is 390 g/mol. The van der Waals surface area contributed by atoms with Gasteiger partial charge in [0.15, 0.2) is 11.2 Å². The Labute approximate surface area is 172 Å². The fraction of sp³-hybridized carbons (Fsp3) is 0.286. The quantitative estimate of drug-likeness (QED) is 0.486. The van der Waals surface area contributed by atoms with Crippen molar-refractivity contribution in [3.8, 4) is 5.69 Å². The number of benzene rings is 1. The summed E-state index contributed by atoms with van der Waals surface area (Å²) in [4.78, 5) is 30.7. The summed E-state index contributed by atoms with van der Waals surface area (Å²) in [5, 5.41) is 0.613. The van der Waals surface area contributed by atoms with Crippen molar-refractivity contribution in [2.45, 2.75) is 34.2 Å². The smallest absolute Gasteiger partial charge is 0.282 e. The van der Waals surface area contributed by atoms with Crippen molar-refractivity contribution in [3.63, 3.8) is 0 Å². The SMILES string of the molecule is C=C(C)Cn1c(=O)c2c(nc3n(-c4cc(Cl)ccc4C)c(C)c(C)n23)n(C)c1=O. The molecule has 0 spiro atoms. The number of aryl methyl sites for hydroxylation is 3. The number of imidazole rings is 2. The van der Waals surface area contributed by atoms with Crippen LogP contribution in [0, 0.1) is 20.8 Å². The Morgan fingerprint density at radius 3 is 2.52 bits per heavy atom. The van der Waals surface area contributed by atoms with Crippen molar-refractivity contribution in [2.75, 3.05) is 0 Å². The largest absolute Gasteiger partial charge is 0.332 e. The number of fused-ring (bicyclic) bond motifs is 3. The van der Waals surface area contributed by atoms with Crippen molar-refractivity contribution in [1.82, 2.24) is 23.1 Å². The lowest BCUT2D eigenvalue weighted by molar-refractivity contribution is 0.651. The van der Waals surface area contributed by atoms with Gasteiger partial charge in [-0.3, -0.25) is 22.9 Å². The van der Waals surface area contributed by atoms with Crippen LogP contribution in [-0.4, -0.2) is 23.1 Å². The zero-order valence-electron chi connectivity index (χ0n) is 17.1. The van der Waals surface area contributed by atoms with Crippen LogP contribution in [0.15, 0.2) is 39.9 Å². The predicted octanol–water partition coefficient (Wildman–Crippen LogP) is 3.29. The van der Waals surface area contributed by atoms with Crippen molar-refractivity contribution in [2.24, 2.45) is 7.05 Å². The van der Waals surface area contributed by atoms with Gasteiger partial charge in [-0.1, -0.05) is 29.8 Å². The Kier molecular flexibility index (Phi) is 4.31. The van der Waals surface area contributed by atoms with Gasteiger partial charge in [-0.05, 0) is 45.4 Å². The molecule has 1 aromatic carbocycles. The van der Waals surface area contributed by atoms with E-state index >= 15 is 0 Å². The van der Waals surface area contributed by atoms with Gasteiger partial charge >= 0.3 is 5.69 Å². The first-order valence-electron chi connectivity index (χ1n) is 9.24. The molecule has 0 fully saturated rings. The predicted molar refractivity (Wildman–Crippen MR) is 116 cm³/mol. The summed E-state index contributed by atoms with van der Waals surface area (Å²) < 4.78 is 6.41. The molecule has 0 N–H and O–H groups in total. The Morgan fingerprint density at radius 2 is 1.86 bits per heavy atom. The molecule has 3 heterocycles. The Hall–Kier alpha value is -3.06. The molecule has 0 radical (unpaired) electrons. The number of hydrogen-bond acceptors (Lipinski definition) is 3. The molecule has 4 rings (SSSR count). The highest BCUT2D eigenvalue weighted by Gasteiger charge is 2.23. The highest BCUT2D eigenvalue weighted by molar-refractivity contribution is 6.30. The first-order valence-corrected chi connectivity index (χ1v) is 9.62. The first-order chi connectivity index (χ1) is 13.6. The van der Waals surface area contributed by atoms with Gasteiger partial charge in [0.25, 0.3) is 5.56 Å². The third-order valence-corrected chi connectivity index (χ3v) is 5.59. The van der Waals surface area contributed by atoms with E-state index in [1.54, 1.807) is 14.0 Å². The lowest BCUT2D eigenvalue weighted by Crippen LogP contribution is -2.39. The summed E-state index contributed by atoms with van der Waals surface area (Å²) in [6.07, 6.45) is 0. The Bertz CT molecular complexity index is 1450. The van der Waals surface area contributed by atoms with Gasteiger partial charge < -0.3 is 0 Å². The summed E-state index contributed by atoms with van der Waals surface area (Å²) >= 11 is 6.25. The van der Waals surface area contributed by atoms with E-state index in [2.05, 4.69) is 6.58 Å². The first kappa shape index (κ1) is 19.3. The number of halogens is 1. The summed E-state index contributed by atoms with van der Waals surface area (Å²) in [6.45, 7) is 11.7. The number of aromatic nitrogens is 5. The van der Waals surface area contributed by atoms with E-state index in [1.807, 2.05) is 47.9 Å². The molecule has 0 saturated heterocycles. The van der Waals surface area contributed by atoms with Crippen molar-refractivity contribution in [1.29, 1.82) is 0 Å². The molecule has 0 atom stereocenters. The number of hydrogen-bond donors (Lipinski definition) is 0. The lowest BCUT2D eigenvalue weighted by Gasteiger charge is -2.10. The van der Waals surface area contributed by atoms with Crippen LogP contribution in [0.3, 0.4) is 0 Å². The molecular formula is C21H22ClN5O2. The van der Waals surface area contributed by atoms with Gasteiger partial charge in [0.1, 0.15) is 0 Å². The van der Waals surface area contributed by atoms with Gasteiger partial charge in [-0.25, -0.2) is 4.79 Å². The molecule has 0 bridgehead atoms. The fourth-order valence-electron chi connectivity index (χ4n) is 3.77. The molecule has 0 aliphatic rings. The van der Waals surface area contributed by atoms with Crippen molar-refractivity contribution in [3.05, 3.63) is 73.2 Å². The molecule has 29 heavy (non-hydrogen) atoms. The van der Waals surface area contributed by atoms with E-state index in [0.29, 0.717) is 22.0 Å². The third kappa shape index (κ3) is 2.68. The highest BCUT2D eigenvalue weighted by atomic mass is 35.5. The second-order valence-corrected chi connectivity index (χ2v) is 7.98. The third-order valence-electron chi connectivity index (χ3n) is 5.36. The maximum atomic E-state index is 13.3. The minimum atomic E-state index is -0.411. The molecule has 0 aliphatic carbocycles. The number of allylic oxidation sites excluding steroid dienone is 1. The fourth-order valence-corrected chi connectivity index (χ4v) is 3.94. The zero-order chi connectivity index (χ0) is 21.2. The second-order valence-electron chi connectivity index (χ2n) is 7.55. The van der Waals surface area contributed by atoms with Gasteiger partial charge in [-0.2, -0.15) is 4.98 Å². The van der Waals surface area contributed by atoms with E-state index in [4.69, 9.17) is 16.6 Å². The summed E-state index contributed by atoms with van der Waals surface area (Å²) in [7, 11) is 1.63. The Morgan fingerprint density at radius 1 is 1.17 bits per heavy atom. The van der Waals surface area contributed by atoms with E-state index in [-0.39, 0.29) is 12.1 Å². The molecule has 4 aromatic rings. The molecule has 0 saturated carbocycles. The number of rotatable bonds is 3. The van der Waals surface area contributed by atoms with Gasteiger partial charge in [0.2, 0.25) is 5.78 Å². The molecule has 7 nitrogen and oxygen atoms in total. The van der Waals surface area contributed by atoms with E-state index in [0.717, 1.165) is 28.2 Å². The van der Waals surface area contributed by atoms with Crippen LogP contribution in [0.4, 0.5) is 0 Å². The van der Waals surface area contributed by atoms with Gasteiger partial charge in [0, 0.05) is 23.5 Å². The summed E-state index contributed by atoms with van der Waals surface area (Å²) in [5.74, 6) is 0.570. The molecule has 150 valence electrons. The average molecular weight is 412 g/mol. The van der Waals surface area contributed by atoms with Crippen LogP contribution in [0.1, 0.15) is 23.9 Å². The zero-order valence-corrected chi connectivity index (χ0v) is 17.8. The van der Waals surface area contributed by atoms with E-state index < -0.39 is 5.69 Å². The van der Waals surface area contributed by atoms with E-state index in [1.165, 1.54) is 9.13 Å². The topological polar surface area (TPSA) is 66.2 Å². The monoisotopic (exact) mass is 411 g/mol. The van der Waals surface area contributed by atoms with Crippen LogP contribution in [0.5, 0.6) is 0 Å². The van der Waals surface area contributed by atoms with Crippen LogP contribution in [0.2, 0.25) is 5.02 Å². The molecule has 0 unspecified atom stereocenters. The molecule has 0 aliphatic heterocycles. The normalized spacial score (nSPS) is 11.7. The van der Waals surface area contributed by atoms with E-state index in [9.17, 15) is 9.59 Å². The Balaban J connectivity index is 2.22. The summed E-state index contributed by atoms with van der Waals surface area (Å²) in [5.41, 5.74) is 4.40. The summed E-state index contributed by atoms with van der Waals surface area (Å²) in [6, 6.07) is 5.66. The standard InChI is InChI=1S/C21H22ClN5O2/c1-11(2)10-25-19(28)17-18(24(6)21(25)29)23-20-26(13(4)14(5)27(17)20)16-9-15(22)8-7-12(16)3/h7-9H,1,10H2,2-6H3. The van der Waals surface area contributed by atoms with Crippen molar-refractivity contribution < 1.29 is 0 Å². The maximum absolute atomic E-state index is 13.3.